The first-order valence-corrected chi connectivity index (χ1v) is 9.42. The van der Waals surface area contributed by atoms with E-state index in [1.54, 1.807) is 12.1 Å². The molecule has 148 valence electrons. The Labute approximate surface area is 166 Å². The first kappa shape index (κ1) is 19.2. The van der Waals surface area contributed by atoms with Crippen LogP contribution >= 0.6 is 0 Å². The van der Waals surface area contributed by atoms with E-state index in [1.165, 1.54) is 6.07 Å². The highest BCUT2D eigenvalue weighted by Gasteiger charge is 2.32. The van der Waals surface area contributed by atoms with E-state index in [-0.39, 0.29) is 0 Å². The van der Waals surface area contributed by atoms with Gasteiger partial charge in [0, 0.05) is 27.9 Å². The standard InChI is InChI=1S/C23H20F3N3/c1-4-19-17(11-13-21(27-19)29-14(2)8-9-15(29)3)18-7-5-6-16-10-12-20(23(24,25)26)28-22(16)18/h5-13H,4H2,1-3H3. The molecule has 0 fully saturated rings. The van der Waals surface area contributed by atoms with Gasteiger partial charge in [0.05, 0.1) is 11.2 Å². The van der Waals surface area contributed by atoms with Crippen molar-refractivity contribution in [2.75, 3.05) is 0 Å². The lowest BCUT2D eigenvalue weighted by atomic mass is 9.99. The zero-order chi connectivity index (χ0) is 20.8. The Kier molecular flexibility index (Phi) is 4.65. The Bertz CT molecular complexity index is 1190. The number of hydrogen-bond donors (Lipinski definition) is 0. The minimum absolute atomic E-state index is 0.333. The van der Waals surface area contributed by atoms with Crippen LogP contribution < -0.4 is 0 Å². The largest absolute Gasteiger partial charge is 0.433 e. The van der Waals surface area contributed by atoms with Crippen LogP contribution in [0.25, 0.3) is 27.8 Å². The lowest BCUT2D eigenvalue weighted by Gasteiger charge is -2.15. The number of fused-ring (bicyclic) bond motifs is 1. The number of pyridine rings is 2. The van der Waals surface area contributed by atoms with Gasteiger partial charge in [-0.25, -0.2) is 9.97 Å². The summed E-state index contributed by atoms with van der Waals surface area (Å²) in [5, 5.41) is 0.665. The fourth-order valence-electron chi connectivity index (χ4n) is 3.68. The number of aromatic nitrogens is 3. The summed E-state index contributed by atoms with van der Waals surface area (Å²) >= 11 is 0. The smallest absolute Gasteiger partial charge is 0.303 e. The molecule has 0 aliphatic carbocycles. The molecule has 4 rings (SSSR count). The molecule has 4 aromatic rings. The molecule has 0 unspecified atom stereocenters. The fraction of sp³-hybridized carbons (Fsp3) is 0.217. The van der Waals surface area contributed by atoms with Crippen LogP contribution in [0.5, 0.6) is 0 Å². The SMILES string of the molecule is CCc1nc(-n2c(C)ccc2C)ccc1-c1cccc2ccc(C(F)(F)F)nc12. The first-order valence-electron chi connectivity index (χ1n) is 9.42. The monoisotopic (exact) mass is 395 g/mol. The number of nitrogens with zero attached hydrogens (tertiary/aromatic N) is 3. The summed E-state index contributed by atoms with van der Waals surface area (Å²) in [7, 11) is 0. The van der Waals surface area contributed by atoms with Crippen molar-refractivity contribution in [1.29, 1.82) is 0 Å². The van der Waals surface area contributed by atoms with Crippen molar-refractivity contribution in [2.24, 2.45) is 0 Å². The van der Waals surface area contributed by atoms with E-state index in [9.17, 15) is 13.2 Å². The summed E-state index contributed by atoms with van der Waals surface area (Å²) in [4.78, 5) is 8.76. The van der Waals surface area contributed by atoms with Crippen LogP contribution in [0, 0.1) is 13.8 Å². The van der Waals surface area contributed by atoms with Gasteiger partial charge in [0.25, 0.3) is 0 Å². The van der Waals surface area contributed by atoms with E-state index in [2.05, 4.69) is 9.55 Å². The van der Waals surface area contributed by atoms with Crippen molar-refractivity contribution >= 4 is 10.9 Å². The molecule has 0 N–H and O–H groups in total. The Hall–Kier alpha value is -3.15. The van der Waals surface area contributed by atoms with Crippen molar-refractivity contribution in [1.82, 2.24) is 14.5 Å². The fourth-order valence-corrected chi connectivity index (χ4v) is 3.68. The predicted molar refractivity (Wildman–Crippen MR) is 108 cm³/mol. The van der Waals surface area contributed by atoms with Gasteiger partial charge in [-0.05, 0) is 50.6 Å². The second kappa shape index (κ2) is 7.03. The molecule has 3 heterocycles. The van der Waals surface area contributed by atoms with Crippen LogP contribution in [0.3, 0.4) is 0 Å². The highest BCUT2D eigenvalue weighted by Crippen LogP contribution is 2.34. The van der Waals surface area contributed by atoms with E-state index in [4.69, 9.17) is 4.98 Å². The normalized spacial score (nSPS) is 11.9. The molecule has 29 heavy (non-hydrogen) atoms. The van der Waals surface area contributed by atoms with Gasteiger partial charge in [0.1, 0.15) is 11.5 Å². The van der Waals surface area contributed by atoms with E-state index < -0.39 is 11.9 Å². The predicted octanol–water partition coefficient (Wildman–Crippen LogP) is 6.29. The highest BCUT2D eigenvalue weighted by atomic mass is 19.4. The first-order chi connectivity index (χ1) is 13.8. The summed E-state index contributed by atoms with van der Waals surface area (Å²) in [6.07, 6.45) is -3.83. The van der Waals surface area contributed by atoms with Gasteiger partial charge in [0.15, 0.2) is 0 Å². The number of alkyl halides is 3. The molecule has 0 radical (unpaired) electrons. The van der Waals surface area contributed by atoms with Crippen molar-refractivity contribution in [3.63, 3.8) is 0 Å². The maximum Gasteiger partial charge on any atom is 0.433 e. The van der Waals surface area contributed by atoms with Gasteiger partial charge in [-0.15, -0.1) is 0 Å². The average Bonchev–Trinajstić information content (AvgIpc) is 3.04. The van der Waals surface area contributed by atoms with Crippen LogP contribution in [0.2, 0.25) is 0 Å². The molecule has 0 saturated carbocycles. The average molecular weight is 395 g/mol. The third-order valence-corrected chi connectivity index (χ3v) is 5.10. The number of aryl methyl sites for hydroxylation is 3. The second-order valence-electron chi connectivity index (χ2n) is 7.04. The zero-order valence-corrected chi connectivity index (χ0v) is 16.4. The third kappa shape index (κ3) is 3.39. The number of rotatable bonds is 3. The summed E-state index contributed by atoms with van der Waals surface area (Å²) in [6.45, 7) is 6.02. The Balaban J connectivity index is 1.92. The summed E-state index contributed by atoms with van der Waals surface area (Å²) < 4.78 is 41.7. The summed E-state index contributed by atoms with van der Waals surface area (Å²) in [6, 6.07) is 15.8. The second-order valence-corrected chi connectivity index (χ2v) is 7.04. The van der Waals surface area contributed by atoms with E-state index in [0.717, 1.165) is 34.5 Å². The summed E-state index contributed by atoms with van der Waals surface area (Å²) in [5.41, 5.74) is 3.87. The minimum atomic E-state index is -4.49. The van der Waals surface area contributed by atoms with Gasteiger partial charge in [-0.2, -0.15) is 13.2 Å². The summed E-state index contributed by atoms with van der Waals surface area (Å²) in [5.74, 6) is 0.801. The number of benzene rings is 1. The number of halogens is 3. The third-order valence-electron chi connectivity index (χ3n) is 5.10. The van der Waals surface area contributed by atoms with Crippen molar-refractivity contribution in [2.45, 2.75) is 33.4 Å². The van der Waals surface area contributed by atoms with Crippen molar-refractivity contribution < 1.29 is 13.2 Å². The molecule has 0 bridgehead atoms. The van der Waals surface area contributed by atoms with Gasteiger partial charge < -0.3 is 4.57 Å². The Morgan fingerprint density at radius 3 is 2.21 bits per heavy atom. The molecule has 0 amide bonds. The van der Waals surface area contributed by atoms with Crippen LogP contribution in [0.4, 0.5) is 13.2 Å². The molecule has 0 aliphatic rings. The zero-order valence-electron chi connectivity index (χ0n) is 16.4. The van der Waals surface area contributed by atoms with Gasteiger partial charge in [-0.3, -0.25) is 0 Å². The Morgan fingerprint density at radius 1 is 0.828 bits per heavy atom. The molecular formula is C23H20F3N3. The van der Waals surface area contributed by atoms with Crippen LogP contribution in [0.15, 0.2) is 54.6 Å². The maximum absolute atomic E-state index is 13.2. The molecule has 3 nitrogen and oxygen atoms in total. The molecule has 3 aromatic heterocycles. The topological polar surface area (TPSA) is 30.7 Å². The maximum atomic E-state index is 13.2. The van der Waals surface area contributed by atoms with Crippen molar-refractivity contribution in [3.05, 3.63) is 77.4 Å². The molecule has 0 aliphatic heterocycles. The van der Waals surface area contributed by atoms with Crippen molar-refractivity contribution in [3.8, 4) is 16.9 Å². The van der Waals surface area contributed by atoms with Gasteiger partial charge in [0.2, 0.25) is 0 Å². The van der Waals surface area contributed by atoms with Crippen LogP contribution in [0.1, 0.15) is 29.7 Å². The molecule has 0 spiro atoms. The van der Waals surface area contributed by atoms with E-state index in [0.29, 0.717) is 22.9 Å². The lowest BCUT2D eigenvalue weighted by Crippen LogP contribution is -2.08. The lowest BCUT2D eigenvalue weighted by molar-refractivity contribution is -0.140. The molecule has 1 aromatic carbocycles. The van der Waals surface area contributed by atoms with E-state index in [1.807, 2.05) is 51.1 Å². The van der Waals surface area contributed by atoms with Gasteiger partial charge in [-0.1, -0.05) is 31.2 Å². The highest BCUT2D eigenvalue weighted by molar-refractivity contribution is 5.94. The molecular weight excluding hydrogens is 375 g/mol. The molecule has 0 saturated heterocycles. The number of hydrogen-bond acceptors (Lipinski definition) is 2. The van der Waals surface area contributed by atoms with Gasteiger partial charge >= 0.3 is 6.18 Å². The molecule has 6 heteroatoms. The quantitative estimate of drug-likeness (QED) is 0.408. The Morgan fingerprint density at radius 2 is 1.55 bits per heavy atom. The van der Waals surface area contributed by atoms with E-state index >= 15 is 0 Å². The van der Waals surface area contributed by atoms with Crippen LogP contribution in [-0.2, 0) is 12.6 Å². The minimum Gasteiger partial charge on any atom is -0.303 e. The number of para-hydroxylation sites is 1. The molecule has 0 atom stereocenters. The van der Waals surface area contributed by atoms with Crippen LogP contribution in [-0.4, -0.2) is 14.5 Å².